The molecule has 0 radical (unpaired) electrons. The third-order valence-corrected chi connectivity index (χ3v) is 5.69. The van der Waals surface area contributed by atoms with Crippen molar-refractivity contribution in [1.29, 1.82) is 0 Å². The number of carbonyl (C=O) groups is 3. The summed E-state index contributed by atoms with van der Waals surface area (Å²) in [5.74, 6) is -2.97. The highest BCUT2D eigenvalue weighted by molar-refractivity contribution is 6.64. The number of amides is 1. The third-order valence-electron chi connectivity index (χ3n) is 5.69. The summed E-state index contributed by atoms with van der Waals surface area (Å²) in [6.07, 6.45) is 1.18. The lowest BCUT2D eigenvalue weighted by molar-refractivity contribution is -0.306. The number of benzene rings is 1. The number of carboxylic acid groups (broad SMARTS) is 2. The van der Waals surface area contributed by atoms with E-state index in [2.05, 4.69) is 10.3 Å². The van der Waals surface area contributed by atoms with Crippen LogP contribution >= 0.6 is 0 Å². The number of aryl methyl sites for hydroxylation is 1. The Hall–Kier alpha value is -3.45. The lowest BCUT2D eigenvalue weighted by atomic mass is 9.47. The highest BCUT2D eigenvalue weighted by Crippen LogP contribution is 2.34. The minimum absolute atomic E-state index is 0. The largest absolute Gasteiger partial charge is 0.583 e. The fourth-order valence-electron chi connectivity index (χ4n) is 4.07. The second-order valence-electron chi connectivity index (χ2n) is 8.24. The molecule has 0 aliphatic carbocycles. The number of aliphatic carboxylic acids is 1. The molecule has 178 valence electrons. The average molecular weight is 459 g/mol. The number of ether oxygens (including phenoxy) is 1. The molecule has 0 atom stereocenters. The van der Waals surface area contributed by atoms with Crippen molar-refractivity contribution in [3.8, 4) is 5.75 Å². The van der Waals surface area contributed by atoms with Crippen LogP contribution in [0.1, 0.15) is 34.6 Å². The Kier molecular flexibility index (Phi) is 6.74. The molecule has 1 aromatic heterocycles. The Bertz CT molecular complexity index is 1080. The maximum Gasteiger partial charge on any atom is 0.240 e. The molecule has 2 N–H and O–H groups in total. The van der Waals surface area contributed by atoms with E-state index in [0.717, 1.165) is 4.68 Å². The molecule has 1 amide bonds. The van der Waals surface area contributed by atoms with Crippen LogP contribution in [0.2, 0.25) is 6.32 Å². The van der Waals surface area contributed by atoms with E-state index in [9.17, 15) is 34.6 Å². The number of hydrogen-bond donors (Lipinski definition) is 2. The standard InChI is InChI=1S/C19H22BN4O8.CH4/c25-16(5-12-7-24(22-21-12)10-17(26)27)23-8-13(9-23)32-15-2-1-11-3-4-20(30,31)6-14(11)18(15)19(28)29;/h1-2,7,13,30-31H,3-6,8-10H2,(H,26,27)(H,28,29);1H4/q-1;/p-2. The van der Waals surface area contributed by atoms with Gasteiger partial charge in [0.2, 0.25) is 12.5 Å². The van der Waals surface area contributed by atoms with Crippen LogP contribution in [-0.4, -0.2) is 73.5 Å². The number of likely N-dealkylation sites (tertiary alicyclic amines) is 1. The van der Waals surface area contributed by atoms with E-state index in [4.69, 9.17) is 4.74 Å². The predicted octanol–water partition coefficient (Wildman–Crippen LogP) is -3.08. The van der Waals surface area contributed by atoms with Crippen molar-refractivity contribution >= 4 is 24.4 Å². The molecule has 1 aromatic carbocycles. The molecule has 2 aliphatic heterocycles. The summed E-state index contributed by atoms with van der Waals surface area (Å²) in [4.78, 5) is 36.2. The highest BCUT2D eigenvalue weighted by Gasteiger charge is 2.34. The van der Waals surface area contributed by atoms with E-state index in [1.165, 1.54) is 17.2 Å². The SMILES string of the molecule is C.O=C([O-])Cn1cc(CC(=O)N2CC(Oc3ccc4c(c3C(=O)[O-])C[B-](O)(O)CC4)C2)nn1. The molecule has 33 heavy (non-hydrogen) atoms. The van der Waals surface area contributed by atoms with Crippen molar-refractivity contribution < 1.29 is 39.4 Å². The summed E-state index contributed by atoms with van der Waals surface area (Å²) >= 11 is 0. The fourth-order valence-corrected chi connectivity index (χ4v) is 4.07. The zero-order valence-corrected chi connectivity index (χ0v) is 17.0. The quantitative estimate of drug-likeness (QED) is 0.403. The predicted molar refractivity (Wildman–Crippen MR) is 110 cm³/mol. The van der Waals surface area contributed by atoms with Crippen LogP contribution in [-0.2, 0) is 35.3 Å². The summed E-state index contributed by atoms with van der Waals surface area (Å²) in [5.41, 5.74) is 1.15. The highest BCUT2D eigenvalue weighted by atomic mass is 16.5. The van der Waals surface area contributed by atoms with E-state index in [-0.39, 0.29) is 56.8 Å². The van der Waals surface area contributed by atoms with Gasteiger partial charge in [-0.25, -0.2) is 4.68 Å². The van der Waals surface area contributed by atoms with Gasteiger partial charge in [-0.15, -0.1) is 17.7 Å². The molecule has 13 heteroatoms. The second kappa shape index (κ2) is 9.20. The van der Waals surface area contributed by atoms with E-state index < -0.39 is 31.1 Å². The first-order chi connectivity index (χ1) is 15.1. The molecule has 2 aromatic rings. The van der Waals surface area contributed by atoms with Gasteiger partial charge in [0.1, 0.15) is 11.9 Å². The van der Waals surface area contributed by atoms with Crippen molar-refractivity contribution in [2.75, 3.05) is 13.1 Å². The number of carbonyl (C=O) groups excluding carboxylic acids is 3. The topological polar surface area (TPSA) is 181 Å². The minimum Gasteiger partial charge on any atom is -0.583 e. The van der Waals surface area contributed by atoms with Crippen LogP contribution in [0, 0.1) is 0 Å². The number of aromatic carboxylic acids is 1. The Morgan fingerprint density at radius 2 is 1.94 bits per heavy atom. The fraction of sp³-hybridized carbons (Fsp3) is 0.450. The van der Waals surface area contributed by atoms with Gasteiger partial charge in [-0.2, -0.15) is 0 Å². The molecular weight excluding hydrogens is 435 g/mol. The monoisotopic (exact) mass is 459 g/mol. The van der Waals surface area contributed by atoms with Gasteiger partial charge in [-0.1, -0.05) is 30.7 Å². The third kappa shape index (κ3) is 5.31. The van der Waals surface area contributed by atoms with Crippen LogP contribution in [0.15, 0.2) is 18.3 Å². The van der Waals surface area contributed by atoms with Gasteiger partial charge in [-0.3, -0.25) is 4.79 Å². The molecule has 1 fully saturated rings. The molecule has 1 saturated heterocycles. The first-order valence-electron chi connectivity index (χ1n) is 10.1. The first kappa shape index (κ1) is 24.2. The lowest BCUT2D eigenvalue weighted by Gasteiger charge is -2.40. The van der Waals surface area contributed by atoms with Crippen molar-refractivity contribution in [3.63, 3.8) is 0 Å². The van der Waals surface area contributed by atoms with Gasteiger partial charge >= 0.3 is 0 Å². The zero-order chi connectivity index (χ0) is 23.0. The zero-order valence-electron chi connectivity index (χ0n) is 17.0. The molecule has 0 bridgehead atoms. The summed E-state index contributed by atoms with van der Waals surface area (Å²) in [7, 11) is 0. The summed E-state index contributed by atoms with van der Waals surface area (Å²) in [6.45, 7) is -2.68. The molecule has 4 rings (SSSR count). The van der Waals surface area contributed by atoms with Crippen molar-refractivity contribution in [2.24, 2.45) is 0 Å². The summed E-state index contributed by atoms with van der Waals surface area (Å²) in [5, 5.41) is 49.7. The Morgan fingerprint density at radius 1 is 1.21 bits per heavy atom. The van der Waals surface area contributed by atoms with Crippen LogP contribution in [0.5, 0.6) is 5.75 Å². The normalized spacial score (nSPS) is 16.8. The minimum atomic E-state index is -2.67. The molecule has 0 spiro atoms. The number of rotatable bonds is 7. The van der Waals surface area contributed by atoms with Gasteiger partial charge < -0.3 is 39.5 Å². The average Bonchev–Trinajstić information content (AvgIpc) is 3.08. The summed E-state index contributed by atoms with van der Waals surface area (Å²) < 4.78 is 6.84. The van der Waals surface area contributed by atoms with Gasteiger partial charge in [0.05, 0.1) is 43.7 Å². The number of fused-ring (bicyclic) bond motifs is 1. The molecule has 0 unspecified atom stereocenters. The molecule has 2 aliphatic rings. The number of carboxylic acids is 2. The molecule has 12 nitrogen and oxygen atoms in total. The maximum atomic E-state index is 12.4. The van der Waals surface area contributed by atoms with E-state index in [1.54, 1.807) is 6.07 Å². The first-order valence-corrected chi connectivity index (χ1v) is 10.1. The van der Waals surface area contributed by atoms with Crippen molar-refractivity contribution in [1.82, 2.24) is 19.9 Å². The molecule has 3 heterocycles. The van der Waals surface area contributed by atoms with Crippen LogP contribution in [0.25, 0.3) is 0 Å². The van der Waals surface area contributed by atoms with E-state index >= 15 is 0 Å². The smallest absolute Gasteiger partial charge is 0.240 e. The van der Waals surface area contributed by atoms with Crippen molar-refractivity contribution in [3.05, 3.63) is 40.7 Å². The van der Waals surface area contributed by atoms with Gasteiger partial charge in [-0.05, 0) is 11.6 Å². The van der Waals surface area contributed by atoms with E-state index in [0.29, 0.717) is 23.2 Å². The van der Waals surface area contributed by atoms with Crippen LogP contribution in [0.3, 0.4) is 0 Å². The number of nitrogens with zero attached hydrogens (tertiary/aromatic N) is 4. The van der Waals surface area contributed by atoms with Gasteiger partial charge in [0, 0.05) is 11.8 Å². The Morgan fingerprint density at radius 3 is 2.61 bits per heavy atom. The summed E-state index contributed by atoms with van der Waals surface area (Å²) in [6, 6.07) is 3.23. The Balaban J connectivity index is 0.00000306. The number of hydrogen-bond acceptors (Lipinski definition) is 10. The second-order valence-corrected chi connectivity index (χ2v) is 8.24. The molecule has 0 saturated carbocycles. The Labute approximate surface area is 189 Å². The van der Waals surface area contributed by atoms with Crippen LogP contribution < -0.4 is 14.9 Å². The maximum absolute atomic E-state index is 12.4. The van der Waals surface area contributed by atoms with Crippen LogP contribution in [0.4, 0.5) is 0 Å². The van der Waals surface area contributed by atoms with E-state index in [1.807, 2.05) is 0 Å². The lowest BCUT2D eigenvalue weighted by Crippen LogP contribution is -2.56. The van der Waals surface area contributed by atoms with Gasteiger partial charge in [0.15, 0.2) is 0 Å². The van der Waals surface area contributed by atoms with Crippen molar-refractivity contribution in [2.45, 2.75) is 45.6 Å². The number of aromatic nitrogens is 3. The van der Waals surface area contributed by atoms with Gasteiger partial charge in [0.25, 0.3) is 0 Å². The molecular formula is C20H24BN4O8-3.